The van der Waals surface area contributed by atoms with Gasteiger partial charge in [0.1, 0.15) is 6.04 Å². The quantitative estimate of drug-likeness (QED) is 0.805. The predicted molar refractivity (Wildman–Crippen MR) is 74.0 cm³/mol. The number of likely N-dealkylation sites (tertiary alicyclic amines) is 1. The van der Waals surface area contributed by atoms with Gasteiger partial charge in [-0.2, -0.15) is 0 Å². The molecule has 5 nitrogen and oxygen atoms in total. The van der Waals surface area contributed by atoms with Gasteiger partial charge in [-0.05, 0) is 31.1 Å². The van der Waals surface area contributed by atoms with Crippen LogP contribution in [-0.4, -0.2) is 40.6 Å². The number of rotatable bonds is 5. The van der Waals surface area contributed by atoms with E-state index in [1.165, 1.54) is 0 Å². The Hall–Kier alpha value is -1.26. The number of nitrogens with one attached hydrogen (secondary N) is 1. The number of nitrogens with zero attached hydrogens (tertiary/aromatic N) is 1. The van der Waals surface area contributed by atoms with Crippen LogP contribution in [0, 0.1) is 11.8 Å². The molecule has 19 heavy (non-hydrogen) atoms. The van der Waals surface area contributed by atoms with Crippen molar-refractivity contribution in [1.29, 1.82) is 0 Å². The molecule has 0 aliphatic carbocycles. The smallest absolute Gasteiger partial charge is 0.326 e. The fourth-order valence-corrected chi connectivity index (χ4v) is 2.66. The van der Waals surface area contributed by atoms with Crippen molar-refractivity contribution in [2.24, 2.45) is 11.8 Å². The van der Waals surface area contributed by atoms with Gasteiger partial charge in [-0.15, -0.1) is 0 Å². The lowest BCUT2D eigenvalue weighted by atomic mass is 10.0. The molecule has 110 valence electrons. The molecular weight excluding hydrogens is 244 g/mol. The average molecular weight is 270 g/mol. The van der Waals surface area contributed by atoms with Crippen LogP contribution in [0.4, 0.5) is 4.79 Å². The maximum Gasteiger partial charge on any atom is 0.326 e. The van der Waals surface area contributed by atoms with Gasteiger partial charge in [-0.1, -0.05) is 27.7 Å². The Balaban J connectivity index is 2.63. The van der Waals surface area contributed by atoms with E-state index < -0.39 is 12.0 Å². The van der Waals surface area contributed by atoms with Crippen LogP contribution in [0.5, 0.6) is 0 Å². The summed E-state index contributed by atoms with van der Waals surface area (Å²) in [6, 6.07) is -0.793. The van der Waals surface area contributed by atoms with Crippen LogP contribution >= 0.6 is 0 Å². The van der Waals surface area contributed by atoms with Crippen LogP contribution < -0.4 is 5.32 Å². The van der Waals surface area contributed by atoms with Crippen molar-refractivity contribution in [3.63, 3.8) is 0 Å². The zero-order chi connectivity index (χ0) is 14.6. The second kappa shape index (κ2) is 6.78. The van der Waals surface area contributed by atoms with E-state index in [1.807, 2.05) is 13.8 Å². The summed E-state index contributed by atoms with van der Waals surface area (Å²) in [6.07, 6.45) is 2.46. The van der Waals surface area contributed by atoms with Crippen LogP contribution in [-0.2, 0) is 4.79 Å². The van der Waals surface area contributed by atoms with E-state index in [0.29, 0.717) is 12.3 Å². The van der Waals surface area contributed by atoms with Crippen molar-refractivity contribution < 1.29 is 14.7 Å². The topological polar surface area (TPSA) is 69.6 Å². The molecule has 1 fully saturated rings. The minimum Gasteiger partial charge on any atom is -0.480 e. The van der Waals surface area contributed by atoms with Crippen LogP contribution in [0.2, 0.25) is 0 Å². The lowest BCUT2D eigenvalue weighted by molar-refractivity contribution is -0.139. The van der Waals surface area contributed by atoms with Gasteiger partial charge in [0.15, 0.2) is 0 Å². The van der Waals surface area contributed by atoms with E-state index >= 15 is 0 Å². The summed E-state index contributed by atoms with van der Waals surface area (Å²) < 4.78 is 0. The largest absolute Gasteiger partial charge is 0.480 e. The summed E-state index contributed by atoms with van der Waals surface area (Å²) in [5.74, 6) is -0.315. The van der Waals surface area contributed by atoms with Crippen molar-refractivity contribution in [2.45, 2.75) is 59.0 Å². The molecule has 2 atom stereocenters. The Morgan fingerprint density at radius 2 is 1.95 bits per heavy atom. The Bertz CT molecular complexity index is 329. The summed E-state index contributed by atoms with van der Waals surface area (Å²) in [5.41, 5.74) is 0. The van der Waals surface area contributed by atoms with E-state index in [-0.39, 0.29) is 18.0 Å². The molecule has 0 aromatic heterocycles. The van der Waals surface area contributed by atoms with Gasteiger partial charge in [0.25, 0.3) is 0 Å². The Labute approximate surface area is 115 Å². The van der Waals surface area contributed by atoms with Gasteiger partial charge in [0, 0.05) is 12.6 Å². The van der Waals surface area contributed by atoms with Gasteiger partial charge in [-0.3, -0.25) is 0 Å². The summed E-state index contributed by atoms with van der Waals surface area (Å²) in [5, 5.41) is 11.8. The van der Waals surface area contributed by atoms with E-state index in [2.05, 4.69) is 19.2 Å². The fourth-order valence-electron chi connectivity index (χ4n) is 2.66. The lowest BCUT2D eigenvalue weighted by Gasteiger charge is -2.29. The fraction of sp³-hybridized carbons (Fsp3) is 0.857. The SMILES string of the molecule is CC(C)C[C@H](NC(=O)N1CCCC1C(C)C)C(=O)O. The molecule has 1 heterocycles. The number of aliphatic carboxylic acids is 1. The normalized spacial score (nSPS) is 20.9. The standard InChI is InChI=1S/C14H26N2O3/c1-9(2)8-11(13(17)18)15-14(19)16-7-5-6-12(16)10(3)4/h9-12H,5-8H2,1-4H3,(H,15,19)(H,17,18)/t11-,12?/m0/s1. The number of carbonyl (C=O) groups excluding carboxylic acids is 1. The number of carboxylic acids is 1. The first kappa shape index (κ1) is 15.8. The molecule has 1 rings (SSSR count). The minimum atomic E-state index is -0.956. The van der Waals surface area contributed by atoms with Crippen LogP contribution in [0.1, 0.15) is 47.0 Å². The number of urea groups is 1. The zero-order valence-corrected chi connectivity index (χ0v) is 12.3. The Morgan fingerprint density at radius 1 is 1.32 bits per heavy atom. The molecule has 0 bridgehead atoms. The molecule has 0 aromatic carbocycles. The molecule has 0 spiro atoms. The molecule has 0 saturated carbocycles. The van der Waals surface area contributed by atoms with Gasteiger partial charge >= 0.3 is 12.0 Å². The first-order valence-electron chi connectivity index (χ1n) is 7.12. The van der Waals surface area contributed by atoms with Crippen molar-refractivity contribution in [2.75, 3.05) is 6.54 Å². The lowest BCUT2D eigenvalue weighted by Crippen LogP contribution is -2.50. The maximum atomic E-state index is 12.2. The van der Waals surface area contributed by atoms with E-state index in [0.717, 1.165) is 19.4 Å². The van der Waals surface area contributed by atoms with Gasteiger partial charge in [-0.25, -0.2) is 9.59 Å². The molecule has 1 aliphatic rings. The Morgan fingerprint density at radius 3 is 2.42 bits per heavy atom. The third-order valence-corrected chi connectivity index (χ3v) is 3.63. The summed E-state index contributed by atoms with van der Waals surface area (Å²) >= 11 is 0. The van der Waals surface area contributed by atoms with Gasteiger partial charge in [0.2, 0.25) is 0 Å². The first-order valence-corrected chi connectivity index (χ1v) is 7.12. The van der Waals surface area contributed by atoms with Crippen LogP contribution in [0.25, 0.3) is 0 Å². The minimum absolute atomic E-state index is 0.230. The molecular formula is C14H26N2O3. The van der Waals surface area contributed by atoms with Crippen molar-refractivity contribution in [3.05, 3.63) is 0 Å². The number of carboxylic acid groups (broad SMARTS) is 1. The van der Waals surface area contributed by atoms with E-state index in [1.54, 1.807) is 4.90 Å². The summed E-state index contributed by atoms with van der Waals surface area (Å²) in [4.78, 5) is 25.2. The van der Waals surface area contributed by atoms with Crippen molar-refractivity contribution in [3.8, 4) is 0 Å². The summed E-state index contributed by atoms with van der Waals surface area (Å²) in [7, 11) is 0. The predicted octanol–water partition coefficient (Wildman–Crippen LogP) is 2.32. The molecule has 1 unspecified atom stereocenters. The second-order valence-electron chi connectivity index (χ2n) is 6.12. The highest BCUT2D eigenvalue weighted by molar-refractivity contribution is 5.82. The van der Waals surface area contributed by atoms with Crippen molar-refractivity contribution in [1.82, 2.24) is 10.2 Å². The molecule has 5 heteroatoms. The monoisotopic (exact) mass is 270 g/mol. The summed E-state index contributed by atoms with van der Waals surface area (Å²) in [6.45, 7) is 8.82. The molecule has 0 radical (unpaired) electrons. The highest BCUT2D eigenvalue weighted by Crippen LogP contribution is 2.23. The maximum absolute atomic E-state index is 12.2. The highest BCUT2D eigenvalue weighted by Gasteiger charge is 2.32. The van der Waals surface area contributed by atoms with Gasteiger partial charge in [0.05, 0.1) is 0 Å². The average Bonchev–Trinajstić information content (AvgIpc) is 2.76. The number of hydrogen-bond donors (Lipinski definition) is 2. The number of amides is 2. The number of carbonyl (C=O) groups is 2. The molecule has 1 aliphatic heterocycles. The molecule has 2 amide bonds. The third kappa shape index (κ3) is 4.40. The Kier molecular flexibility index (Phi) is 5.63. The van der Waals surface area contributed by atoms with Crippen LogP contribution in [0.3, 0.4) is 0 Å². The molecule has 1 saturated heterocycles. The highest BCUT2D eigenvalue weighted by atomic mass is 16.4. The van der Waals surface area contributed by atoms with Gasteiger partial charge < -0.3 is 15.3 Å². The third-order valence-electron chi connectivity index (χ3n) is 3.63. The van der Waals surface area contributed by atoms with E-state index in [4.69, 9.17) is 5.11 Å². The van der Waals surface area contributed by atoms with E-state index in [9.17, 15) is 9.59 Å². The number of hydrogen-bond acceptors (Lipinski definition) is 2. The van der Waals surface area contributed by atoms with Crippen LogP contribution in [0.15, 0.2) is 0 Å². The second-order valence-corrected chi connectivity index (χ2v) is 6.12. The first-order chi connectivity index (χ1) is 8.82. The molecule has 0 aromatic rings. The zero-order valence-electron chi connectivity index (χ0n) is 12.3. The van der Waals surface area contributed by atoms with Crippen molar-refractivity contribution >= 4 is 12.0 Å². The molecule has 2 N–H and O–H groups in total.